The first kappa shape index (κ1) is 24.4. The number of benzene rings is 1. The fraction of sp³-hybridized carbons (Fsp3) is 0.562. The van der Waals surface area contributed by atoms with E-state index in [1.807, 2.05) is 0 Å². The van der Waals surface area contributed by atoms with Crippen LogP contribution in [0.5, 0.6) is 17.2 Å². The highest BCUT2D eigenvalue weighted by molar-refractivity contribution is 14.0. The molecule has 0 aromatic heterocycles. The molecule has 0 atom stereocenters. The smallest absolute Gasteiger partial charge is 0.390 e. The normalized spacial score (nSPS) is 11.4. The van der Waals surface area contributed by atoms with Gasteiger partial charge in [-0.1, -0.05) is 0 Å². The lowest BCUT2D eigenvalue weighted by Crippen LogP contribution is -2.39. The molecule has 0 aliphatic rings. The molecular formula is C16H25F3IN3O3. The highest BCUT2D eigenvalue weighted by atomic mass is 127. The standard InChI is InChI=1S/C16H24F3N3O3.HI/c1-20-15(22-7-5-16(17,18)19)21-6-4-8-25-14-10-12(23-2)9-13(11-14)24-3;/h9-11H,4-8H2,1-3H3,(H2,20,21,22);1H. The molecule has 1 rings (SSSR count). The van der Waals surface area contributed by atoms with Crippen molar-refractivity contribution < 1.29 is 27.4 Å². The first-order valence-electron chi connectivity index (χ1n) is 7.75. The molecular weight excluding hydrogens is 466 g/mol. The van der Waals surface area contributed by atoms with Crippen LogP contribution in [0.1, 0.15) is 12.8 Å². The molecule has 26 heavy (non-hydrogen) atoms. The van der Waals surface area contributed by atoms with Crippen LogP contribution in [0, 0.1) is 0 Å². The van der Waals surface area contributed by atoms with Gasteiger partial charge in [0.2, 0.25) is 0 Å². The second kappa shape index (κ2) is 12.7. The zero-order valence-corrected chi connectivity index (χ0v) is 17.3. The third kappa shape index (κ3) is 10.4. The summed E-state index contributed by atoms with van der Waals surface area (Å²) in [6.45, 7) is 0.707. The minimum atomic E-state index is -4.18. The number of halogens is 4. The van der Waals surface area contributed by atoms with E-state index in [1.165, 1.54) is 7.05 Å². The van der Waals surface area contributed by atoms with Crippen LogP contribution in [-0.2, 0) is 0 Å². The number of nitrogens with one attached hydrogen (secondary N) is 2. The van der Waals surface area contributed by atoms with Crippen molar-refractivity contribution in [2.45, 2.75) is 19.0 Å². The molecule has 0 saturated carbocycles. The number of guanidine groups is 1. The Bertz CT molecular complexity index is 535. The van der Waals surface area contributed by atoms with E-state index < -0.39 is 12.6 Å². The van der Waals surface area contributed by atoms with Crippen molar-refractivity contribution in [3.05, 3.63) is 18.2 Å². The Morgan fingerprint density at radius 3 is 2.04 bits per heavy atom. The molecule has 0 saturated heterocycles. The third-order valence-corrected chi connectivity index (χ3v) is 3.13. The predicted octanol–water partition coefficient (Wildman–Crippen LogP) is 3.21. The number of hydrogen-bond acceptors (Lipinski definition) is 4. The van der Waals surface area contributed by atoms with Gasteiger partial charge in [-0.05, 0) is 6.42 Å². The lowest BCUT2D eigenvalue weighted by Gasteiger charge is -2.13. The highest BCUT2D eigenvalue weighted by Crippen LogP contribution is 2.27. The SMILES string of the molecule is CN=C(NCCCOc1cc(OC)cc(OC)c1)NCCC(F)(F)F.I. The van der Waals surface area contributed by atoms with Gasteiger partial charge in [-0.25, -0.2) is 0 Å². The molecule has 150 valence electrons. The van der Waals surface area contributed by atoms with Crippen molar-refractivity contribution in [3.63, 3.8) is 0 Å². The average molecular weight is 491 g/mol. The zero-order chi connectivity index (χ0) is 18.7. The molecule has 0 amide bonds. The third-order valence-electron chi connectivity index (χ3n) is 3.13. The Morgan fingerprint density at radius 1 is 1.00 bits per heavy atom. The van der Waals surface area contributed by atoms with Crippen molar-refractivity contribution in [3.8, 4) is 17.2 Å². The van der Waals surface area contributed by atoms with Gasteiger partial charge in [0.25, 0.3) is 0 Å². The predicted molar refractivity (Wildman–Crippen MR) is 105 cm³/mol. The van der Waals surface area contributed by atoms with Crippen LogP contribution in [0.15, 0.2) is 23.2 Å². The molecule has 0 radical (unpaired) electrons. The lowest BCUT2D eigenvalue weighted by molar-refractivity contribution is -0.132. The van der Waals surface area contributed by atoms with E-state index in [1.54, 1.807) is 32.4 Å². The number of nitrogens with zero attached hydrogens (tertiary/aromatic N) is 1. The van der Waals surface area contributed by atoms with Gasteiger partial charge in [-0.3, -0.25) is 4.99 Å². The van der Waals surface area contributed by atoms with Crippen molar-refractivity contribution in [1.29, 1.82) is 0 Å². The van der Waals surface area contributed by atoms with E-state index in [2.05, 4.69) is 15.6 Å². The molecule has 6 nitrogen and oxygen atoms in total. The number of alkyl halides is 3. The molecule has 1 aromatic carbocycles. The summed E-state index contributed by atoms with van der Waals surface area (Å²) in [5, 5.41) is 5.54. The van der Waals surface area contributed by atoms with E-state index in [9.17, 15) is 13.2 Å². The molecule has 0 bridgehead atoms. The van der Waals surface area contributed by atoms with E-state index in [-0.39, 0.29) is 30.5 Å². The van der Waals surface area contributed by atoms with E-state index in [0.717, 1.165) is 0 Å². The number of rotatable bonds is 9. The quantitative estimate of drug-likeness (QED) is 0.241. The average Bonchev–Trinajstić information content (AvgIpc) is 2.58. The molecule has 0 aliphatic carbocycles. The largest absolute Gasteiger partial charge is 0.496 e. The highest BCUT2D eigenvalue weighted by Gasteiger charge is 2.26. The summed E-state index contributed by atoms with van der Waals surface area (Å²) in [5.74, 6) is 2.19. The first-order chi connectivity index (χ1) is 11.9. The topological polar surface area (TPSA) is 64.1 Å². The number of hydrogen-bond donors (Lipinski definition) is 2. The molecule has 0 spiro atoms. The molecule has 0 unspecified atom stereocenters. The van der Waals surface area contributed by atoms with E-state index in [0.29, 0.717) is 42.8 Å². The van der Waals surface area contributed by atoms with Crippen LogP contribution in [0.2, 0.25) is 0 Å². The van der Waals surface area contributed by atoms with Gasteiger partial charge in [0, 0.05) is 38.3 Å². The minimum Gasteiger partial charge on any atom is -0.496 e. The molecule has 10 heteroatoms. The maximum absolute atomic E-state index is 12.1. The summed E-state index contributed by atoms with van der Waals surface area (Å²) in [5.41, 5.74) is 0. The fourth-order valence-electron chi connectivity index (χ4n) is 1.88. The molecule has 0 aliphatic heterocycles. The van der Waals surface area contributed by atoms with Crippen molar-refractivity contribution >= 4 is 29.9 Å². The maximum Gasteiger partial charge on any atom is 0.390 e. The van der Waals surface area contributed by atoms with Crippen LogP contribution >= 0.6 is 24.0 Å². The lowest BCUT2D eigenvalue weighted by atomic mass is 10.3. The molecule has 0 heterocycles. The van der Waals surface area contributed by atoms with E-state index in [4.69, 9.17) is 14.2 Å². The summed E-state index contributed by atoms with van der Waals surface area (Å²) in [4.78, 5) is 3.86. The van der Waals surface area contributed by atoms with Gasteiger partial charge >= 0.3 is 6.18 Å². The van der Waals surface area contributed by atoms with E-state index >= 15 is 0 Å². The van der Waals surface area contributed by atoms with Crippen molar-refractivity contribution in [2.75, 3.05) is 41.0 Å². The van der Waals surface area contributed by atoms with Gasteiger partial charge in [-0.2, -0.15) is 13.2 Å². The number of ether oxygens (including phenoxy) is 3. The molecule has 1 aromatic rings. The Labute approximate surface area is 168 Å². The fourth-order valence-corrected chi connectivity index (χ4v) is 1.88. The summed E-state index contributed by atoms with van der Waals surface area (Å²) >= 11 is 0. The van der Waals surface area contributed by atoms with Crippen molar-refractivity contribution in [1.82, 2.24) is 10.6 Å². The first-order valence-corrected chi connectivity index (χ1v) is 7.75. The second-order valence-electron chi connectivity index (χ2n) is 5.04. The maximum atomic E-state index is 12.1. The van der Waals surface area contributed by atoms with Crippen LogP contribution in [0.3, 0.4) is 0 Å². The van der Waals surface area contributed by atoms with Crippen LogP contribution in [-0.4, -0.2) is 53.1 Å². The van der Waals surface area contributed by atoms with Gasteiger partial charge in [0.05, 0.1) is 27.2 Å². The molecule has 0 fully saturated rings. The Balaban J connectivity index is 0.00000625. The number of aliphatic imine (C=N–C) groups is 1. The van der Waals surface area contributed by atoms with Gasteiger partial charge in [0.1, 0.15) is 17.2 Å². The zero-order valence-electron chi connectivity index (χ0n) is 15.0. The van der Waals surface area contributed by atoms with Gasteiger partial charge in [-0.15, -0.1) is 24.0 Å². The second-order valence-corrected chi connectivity index (χ2v) is 5.04. The Morgan fingerprint density at radius 2 is 1.54 bits per heavy atom. The van der Waals surface area contributed by atoms with Gasteiger partial charge in [0.15, 0.2) is 5.96 Å². The Hall–Kier alpha value is -1.59. The summed E-state index contributed by atoms with van der Waals surface area (Å²) in [6.07, 6.45) is -4.45. The van der Waals surface area contributed by atoms with Crippen LogP contribution in [0.4, 0.5) is 13.2 Å². The monoisotopic (exact) mass is 491 g/mol. The van der Waals surface area contributed by atoms with Crippen molar-refractivity contribution in [2.24, 2.45) is 4.99 Å². The molecule has 2 N–H and O–H groups in total. The summed E-state index contributed by atoms with van der Waals surface area (Å²) in [7, 11) is 4.61. The summed E-state index contributed by atoms with van der Waals surface area (Å²) < 4.78 is 52.2. The van der Waals surface area contributed by atoms with Crippen LogP contribution < -0.4 is 24.8 Å². The number of methoxy groups -OCH3 is 2. The Kier molecular flexibility index (Phi) is 11.9. The summed E-state index contributed by atoms with van der Waals surface area (Å²) in [6, 6.07) is 5.23. The van der Waals surface area contributed by atoms with Crippen LogP contribution in [0.25, 0.3) is 0 Å². The van der Waals surface area contributed by atoms with Gasteiger partial charge < -0.3 is 24.8 Å². The minimum absolute atomic E-state index is 0.